The predicted molar refractivity (Wildman–Crippen MR) is 63.7 cm³/mol. The number of benzene rings is 1. The topological polar surface area (TPSA) is 108 Å². The van der Waals surface area contributed by atoms with Crippen molar-refractivity contribution in [3.05, 3.63) is 34.4 Å². The summed E-state index contributed by atoms with van der Waals surface area (Å²) in [6, 6.07) is 4.11. The highest BCUT2D eigenvalue weighted by Crippen LogP contribution is 2.17. The number of ether oxygens (including phenoxy) is 2. The van der Waals surface area contributed by atoms with Crippen LogP contribution in [0.2, 0.25) is 0 Å². The summed E-state index contributed by atoms with van der Waals surface area (Å²) in [6.07, 6.45) is -0.855. The number of rotatable bonds is 4. The second kappa shape index (κ2) is 6.34. The molecule has 0 aliphatic carbocycles. The second-order valence-corrected chi connectivity index (χ2v) is 3.53. The molecule has 1 aromatic carbocycles. The SMILES string of the molecule is COC(=O)[C@H](C)NC(=O)Oc1ccc([N+](=O)[O-])cc1. The molecule has 0 saturated carbocycles. The first-order valence-corrected chi connectivity index (χ1v) is 5.24. The minimum Gasteiger partial charge on any atom is -0.467 e. The predicted octanol–water partition coefficient (Wildman–Crippen LogP) is 1.24. The van der Waals surface area contributed by atoms with Crippen molar-refractivity contribution >= 4 is 17.7 Å². The molecule has 8 nitrogen and oxygen atoms in total. The lowest BCUT2D eigenvalue weighted by Crippen LogP contribution is -2.40. The number of methoxy groups -OCH3 is 1. The van der Waals surface area contributed by atoms with Gasteiger partial charge in [-0.15, -0.1) is 0 Å². The van der Waals surface area contributed by atoms with Gasteiger partial charge in [-0.1, -0.05) is 0 Å². The number of carbonyl (C=O) groups excluding carboxylic acids is 2. The molecule has 0 radical (unpaired) electrons. The third-order valence-corrected chi connectivity index (χ3v) is 2.15. The van der Waals surface area contributed by atoms with E-state index in [1.54, 1.807) is 0 Å². The zero-order valence-corrected chi connectivity index (χ0v) is 10.3. The fourth-order valence-corrected chi connectivity index (χ4v) is 1.18. The van der Waals surface area contributed by atoms with E-state index in [1.165, 1.54) is 38.3 Å². The minimum absolute atomic E-state index is 0.115. The number of esters is 1. The first kappa shape index (κ1) is 14.4. The van der Waals surface area contributed by atoms with Crippen LogP contribution in [0, 0.1) is 10.1 Å². The fraction of sp³-hybridized carbons (Fsp3) is 0.273. The van der Waals surface area contributed by atoms with Crippen molar-refractivity contribution in [1.82, 2.24) is 5.32 Å². The van der Waals surface area contributed by atoms with Gasteiger partial charge in [-0.3, -0.25) is 10.1 Å². The van der Waals surface area contributed by atoms with Crippen molar-refractivity contribution in [2.24, 2.45) is 0 Å². The van der Waals surface area contributed by atoms with E-state index < -0.39 is 23.0 Å². The normalized spacial score (nSPS) is 11.3. The summed E-state index contributed by atoms with van der Waals surface area (Å²) in [7, 11) is 1.20. The molecule has 1 aromatic rings. The van der Waals surface area contributed by atoms with Gasteiger partial charge in [-0.05, 0) is 19.1 Å². The van der Waals surface area contributed by atoms with Crippen LogP contribution < -0.4 is 10.1 Å². The number of hydrogen-bond donors (Lipinski definition) is 1. The molecular formula is C11H12N2O6. The van der Waals surface area contributed by atoms with Crippen LogP contribution in [0.5, 0.6) is 5.75 Å². The summed E-state index contributed by atoms with van der Waals surface area (Å²) in [5.74, 6) is -0.485. The molecule has 0 saturated heterocycles. The first-order chi connectivity index (χ1) is 8.93. The highest BCUT2D eigenvalue weighted by atomic mass is 16.6. The van der Waals surface area contributed by atoms with Crippen LogP contribution in [-0.2, 0) is 9.53 Å². The van der Waals surface area contributed by atoms with E-state index in [0.717, 1.165) is 0 Å². The Labute approximate surface area is 108 Å². The summed E-state index contributed by atoms with van der Waals surface area (Å²) in [5.41, 5.74) is -0.115. The molecule has 102 valence electrons. The Morgan fingerprint density at radius 2 is 1.89 bits per heavy atom. The third-order valence-electron chi connectivity index (χ3n) is 2.15. The number of nitro groups is 1. The van der Waals surface area contributed by atoms with Gasteiger partial charge in [0.25, 0.3) is 5.69 Å². The molecule has 1 N–H and O–H groups in total. The van der Waals surface area contributed by atoms with Crippen molar-refractivity contribution in [3.8, 4) is 5.75 Å². The summed E-state index contributed by atoms with van der Waals surface area (Å²) in [4.78, 5) is 32.3. The Balaban J connectivity index is 2.57. The molecule has 0 spiro atoms. The Kier molecular flexibility index (Phi) is 4.81. The van der Waals surface area contributed by atoms with E-state index in [1.807, 2.05) is 0 Å². The van der Waals surface area contributed by atoms with Gasteiger partial charge < -0.3 is 14.8 Å². The van der Waals surface area contributed by atoms with Crippen molar-refractivity contribution < 1.29 is 24.0 Å². The molecule has 0 aromatic heterocycles. The van der Waals surface area contributed by atoms with E-state index in [0.29, 0.717) is 0 Å². The highest BCUT2D eigenvalue weighted by Gasteiger charge is 2.17. The second-order valence-electron chi connectivity index (χ2n) is 3.53. The Bertz CT molecular complexity index is 484. The van der Waals surface area contributed by atoms with Crippen molar-refractivity contribution in [2.75, 3.05) is 7.11 Å². The zero-order chi connectivity index (χ0) is 14.4. The van der Waals surface area contributed by atoms with E-state index in [-0.39, 0.29) is 11.4 Å². The number of non-ortho nitro benzene ring substituents is 1. The van der Waals surface area contributed by atoms with E-state index in [4.69, 9.17) is 4.74 Å². The minimum atomic E-state index is -0.855. The van der Waals surface area contributed by atoms with Crippen LogP contribution in [0.15, 0.2) is 24.3 Å². The monoisotopic (exact) mass is 268 g/mol. The number of carbonyl (C=O) groups is 2. The fourth-order valence-electron chi connectivity index (χ4n) is 1.18. The van der Waals surface area contributed by atoms with Gasteiger partial charge in [0.15, 0.2) is 0 Å². The van der Waals surface area contributed by atoms with E-state index in [9.17, 15) is 19.7 Å². The van der Waals surface area contributed by atoms with Gasteiger partial charge in [0.1, 0.15) is 11.8 Å². The number of nitro benzene ring substituents is 1. The molecule has 0 fully saturated rings. The smallest absolute Gasteiger partial charge is 0.413 e. The number of amides is 1. The van der Waals surface area contributed by atoms with E-state index in [2.05, 4.69) is 10.1 Å². The summed E-state index contributed by atoms with van der Waals surface area (Å²) >= 11 is 0. The maximum Gasteiger partial charge on any atom is 0.413 e. The molecule has 0 unspecified atom stereocenters. The average molecular weight is 268 g/mol. The van der Waals surface area contributed by atoms with Gasteiger partial charge >= 0.3 is 12.1 Å². The molecule has 1 atom stereocenters. The van der Waals surface area contributed by atoms with Crippen molar-refractivity contribution in [3.63, 3.8) is 0 Å². The van der Waals surface area contributed by atoms with Gasteiger partial charge in [0.2, 0.25) is 0 Å². The number of hydrogen-bond acceptors (Lipinski definition) is 6. The van der Waals surface area contributed by atoms with Crippen LogP contribution in [0.1, 0.15) is 6.92 Å². The molecule has 0 bridgehead atoms. The average Bonchev–Trinajstić information content (AvgIpc) is 2.38. The molecule has 0 aliphatic heterocycles. The van der Waals surface area contributed by atoms with Crippen molar-refractivity contribution in [1.29, 1.82) is 0 Å². The number of nitrogens with zero attached hydrogens (tertiary/aromatic N) is 1. The molecular weight excluding hydrogens is 256 g/mol. The molecule has 0 aliphatic rings. The summed E-state index contributed by atoms with van der Waals surface area (Å²) in [6.45, 7) is 1.43. The Morgan fingerprint density at radius 1 is 1.32 bits per heavy atom. The largest absolute Gasteiger partial charge is 0.467 e. The van der Waals surface area contributed by atoms with Crippen LogP contribution in [-0.4, -0.2) is 30.1 Å². The summed E-state index contributed by atoms with van der Waals surface area (Å²) in [5, 5.41) is 12.7. The molecule has 1 amide bonds. The van der Waals surface area contributed by atoms with Crippen LogP contribution >= 0.6 is 0 Å². The van der Waals surface area contributed by atoms with Crippen LogP contribution in [0.25, 0.3) is 0 Å². The quantitative estimate of drug-likeness (QED) is 0.500. The van der Waals surface area contributed by atoms with Gasteiger partial charge in [0.05, 0.1) is 12.0 Å². The molecule has 0 heterocycles. The van der Waals surface area contributed by atoms with Crippen molar-refractivity contribution in [2.45, 2.75) is 13.0 Å². The van der Waals surface area contributed by atoms with Gasteiger partial charge in [0, 0.05) is 12.1 Å². The third kappa shape index (κ3) is 4.26. The lowest BCUT2D eigenvalue weighted by Gasteiger charge is -2.11. The number of nitrogens with one attached hydrogen (secondary N) is 1. The van der Waals surface area contributed by atoms with Gasteiger partial charge in [-0.2, -0.15) is 0 Å². The molecule has 8 heteroatoms. The van der Waals surface area contributed by atoms with Gasteiger partial charge in [-0.25, -0.2) is 9.59 Å². The summed E-state index contributed by atoms with van der Waals surface area (Å²) < 4.78 is 9.25. The zero-order valence-electron chi connectivity index (χ0n) is 10.3. The van der Waals surface area contributed by atoms with Crippen LogP contribution in [0.4, 0.5) is 10.5 Å². The van der Waals surface area contributed by atoms with Crippen LogP contribution in [0.3, 0.4) is 0 Å². The first-order valence-electron chi connectivity index (χ1n) is 5.24. The maximum absolute atomic E-state index is 11.4. The lowest BCUT2D eigenvalue weighted by atomic mass is 10.3. The maximum atomic E-state index is 11.4. The molecule has 19 heavy (non-hydrogen) atoms. The molecule has 1 rings (SSSR count). The highest BCUT2D eigenvalue weighted by molar-refractivity contribution is 5.81. The Hall–Kier alpha value is -2.64. The standard InChI is InChI=1S/C11H12N2O6/c1-7(10(14)18-2)12-11(15)19-9-5-3-8(4-6-9)13(16)17/h3-7H,1-2H3,(H,12,15)/t7-/m0/s1. The van der Waals surface area contributed by atoms with E-state index >= 15 is 0 Å². The Morgan fingerprint density at radius 3 is 2.37 bits per heavy atom. The lowest BCUT2D eigenvalue weighted by molar-refractivity contribution is -0.384.